The molecule has 2 N–H and O–H groups in total. The Balaban J connectivity index is 2.69. The first-order chi connectivity index (χ1) is 11.3. The zero-order valence-electron chi connectivity index (χ0n) is 12.6. The van der Waals surface area contributed by atoms with Gasteiger partial charge in [-0.05, 0) is 18.4 Å². The number of nitrogens with two attached hydrogens (primary N) is 1. The normalized spacial score (nSPS) is 12.5. The van der Waals surface area contributed by atoms with Crippen molar-refractivity contribution in [3.63, 3.8) is 0 Å². The SMILES string of the molecule is CSC(C#N)c1cc(C(F)(F)F)cc(C(=O)c2ccccc2)c1N. The summed E-state index contributed by atoms with van der Waals surface area (Å²) in [5, 5.41) is 8.26. The largest absolute Gasteiger partial charge is 0.416 e. The Kier molecular flexibility index (Phi) is 5.20. The monoisotopic (exact) mass is 350 g/mol. The van der Waals surface area contributed by atoms with Gasteiger partial charge in [0.2, 0.25) is 0 Å². The van der Waals surface area contributed by atoms with E-state index in [-0.39, 0.29) is 22.4 Å². The highest BCUT2D eigenvalue weighted by molar-refractivity contribution is 7.99. The van der Waals surface area contributed by atoms with E-state index in [0.717, 1.165) is 23.9 Å². The number of halogens is 3. The molecule has 0 radical (unpaired) electrons. The number of rotatable bonds is 4. The first-order valence-corrected chi connectivity index (χ1v) is 8.11. The number of carbonyl (C=O) groups excluding carboxylic acids is 1. The number of hydrogen-bond acceptors (Lipinski definition) is 4. The topological polar surface area (TPSA) is 66.9 Å². The summed E-state index contributed by atoms with van der Waals surface area (Å²) in [6.45, 7) is 0. The van der Waals surface area contributed by atoms with Gasteiger partial charge in [0.1, 0.15) is 5.25 Å². The van der Waals surface area contributed by atoms with Crippen molar-refractivity contribution >= 4 is 23.2 Å². The minimum absolute atomic E-state index is 0.000828. The van der Waals surface area contributed by atoms with E-state index in [0.29, 0.717) is 0 Å². The maximum atomic E-state index is 13.2. The summed E-state index contributed by atoms with van der Waals surface area (Å²) in [5.74, 6) is -0.613. The highest BCUT2D eigenvalue weighted by Crippen LogP contribution is 2.39. The van der Waals surface area contributed by atoms with Gasteiger partial charge < -0.3 is 5.73 Å². The van der Waals surface area contributed by atoms with Gasteiger partial charge in [-0.15, -0.1) is 11.8 Å². The lowest BCUT2D eigenvalue weighted by Crippen LogP contribution is -2.14. The van der Waals surface area contributed by atoms with Crippen molar-refractivity contribution in [2.75, 3.05) is 12.0 Å². The third kappa shape index (κ3) is 3.54. The molecule has 24 heavy (non-hydrogen) atoms. The summed E-state index contributed by atoms with van der Waals surface area (Å²) in [6.07, 6.45) is -3.06. The molecule has 2 aromatic carbocycles. The van der Waals surface area contributed by atoms with Crippen LogP contribution in [0.4, 0.5) is 18.9 Å². The summed E-state index contributed by atoms with van der Waals surface area (Å²) in [7, 11) is 0. The Hall–Kier alpha value is -2.46. The summed E-state index contributed by atoms with van der Waals surface area (Å²) in [6, 6.07) is 11.4. The van der Waals surface area contributed by atoms with Gasteiger partial charge in [-0.1, -0.05) is 30.3 Å². The second-order valence-corrected chi connectivity index (χ2v) is 5.91. The molecule has 0 aliphatic heterocycles. The van der Waals surface area contributed by atoms with E-state index in [1.165, 1.54) is 12.1 Å². The minimum Gasteiger partial charge on any atom is -0.398 e. The first kappa shape index (κ1) is 17.9. The van der Waals surface area contributed by atoms with Crippen molar-refractivity contribution in [3.05, 3.63) is 64.7 Å². The zero-order chi connectivity index (χ0) is 17.9. The molecular formula is C17H13F3N2OS. The molecule has 0 aliphatic rings. The van der Waals surface area contributed by atoms with Gasteiger partial charge in [-0.2, -0.15) is 18.4 Å². The molecule has 0 aromatic heterocycles. The Morgan fingerprint density at radius 2 is 1.88 bits per heavy atom. The third-order valence-electron chi connectivity index (χ3n) is 3.46. The highest BCUT2D eigenvalue weighted by atomic mass is 32.2. The van der Waals surface area contributed by atoms with E-state index in [1.807, 2.05) is 6.07 Å². The van der Waals surface area contributed by atoms with E-state index in [4.69, 9.17) is 11.0 Å². The number of benzene rings is 2. The minimum atomic E-state index is -4.65. The second-order valence-electron chi connectivity index (χ2n) is 4.96. The molecule has 7 heteroatoms. The molecule has 0 heterocycles. The van der Waals surface area contributed by atoms with Crippen LogP contribution in [0.15, 0.2) is 42.5 Å². The summed E-state index contributed by atoms with van der Waals surface area (Å²) in [5.41, 5.74) is 4.81. The van der Waals surface area contributed by atoms with E-state index >= 15 is 0 Å². The van der Waals surface area contributed by atoms with Gasteiger partial charge in [0.15, 0.2) is 5.78 Å². The van der Waals surface area contributed by atoms with Crippen molar-refractivity contribution < 1.29 is 18.0 Å². The lowest BCUT2D eigenvalue weighted by molar-refractivity contribution is -0.137. The maximum Gasteiger partial charge on any atom is 0.416 e. The van der Waals surface area contributed by atoms with Crippen LogP contribution in [0.1, 0.15) is 32.3 Å². The molecular weight excluding hydrogens is 337 g/mol. The predicted molar refractivity (Wildman–Crippen MR) is 87.6 cm³/mol. The number of carbonyl (C=O) groups is 1. The standard InChI is InChI=1S/C17H13F3N2OS/c1-24-14(9-21)12-7-11(17(18,19)20)8-13(15(12)22)16(23)10-5-3-2-4-6-10/h2-8,14H,22H2,1H3. The maximum absolute atomic E-state index is 13.2. The summed E-state index contributed by atoms with van der Waals surface area (Å²) >= 11 is 1.05. The number of alkyl halides is 3. The molecule has 124 valence electrons. The van der Waals surface area contributed by atoms with Gasteiger partial charge in [-0.25, -0.2) is 0 Å². The van der Waals surface area contributed by atoms with Gasteiger partial charge in [0.25, 0.3) is 0 Å². The van der Waals surface area contributed by atoms with Gasteiger partial charge in [-0.3, -0.25) is 4.79 Å². The van der Waals surface area contributed by atoms with Crippen LogP contribution in [0.25, 0.3) is 0 Å². The predicted octanol–water partition coefficient (Wildman–Crippen LogP) is 4.45. The van der Waals surface area contributed by atoms with Crippen LogP contribution in [0.3, 0.4) is 0 Å². The lowest BCUT2D eigenvalue weighted by atomic mass is 9.95. The number of nitrogen functional groups attached to an aromatic ring is 1. The molecule has 0 aliphatic carbocycles. The molecule has 2 rings (SSSR count). The molecule has 2 aromatic rings. The van der Waals surface area contributed by atoms with Gasteiger partial charge in [0.05, 0.1) is 11.6 Å². The van der Waals surface area contributed by atoms with Gasteiger partial charge in [0, 0.05) is 22.4 Å². The van der Waals surface area contributed by atoms with E-state index in [1.54, 1.807) is 24.5 Å². The number of ketones is 1. The fourth-order valence-electron chi connectivity index (χ4n) is 2.24. The van der Waals surface area contributed by atoms with Crippen LogP contribution in [-0.4, -0.2) is 12.0 Å². The average Bonchev–Trinajstić information content (AvgIpc) is 2.56. The second kappa shape index (κ2) is 6.97. The molecule has 0 saturated carbocycles. The summed E-state index contributed by atoms with van der Waals surface area (Å²) in [4.78, 5) is 12.6. The van der Waals surface area contributed by atoms with Crippen molar-refractivity contribution in [2.24, 2.45) is 0 Å². The first-order valence-electron chi connectivity index (χ1n) is 6.82. The fourth-order valence-corrected chi connectivity index (χ4v) is 2.79. The number of nitriles is 1. The van der Waals surface area contributed by atoms with E-state index in [2.05, 4.69) is 0 Å². The molecule has 0 fully saturated rings. The van der Waals surface area contributed by atoms with Crippen molar-refractivity contribution in [3.8, 4) is 6.07 Å². The molecule has 1 atom stereocenters. The Bertz CT molecular complexity index is 798. The third-order valence-corrected chi connectivity index (χ3v) is 4.29. The number of nitrogens with zero attached hydrogens (tertiary/aromatic N) is 1. The molecule has 3 nitrogen and oxygen atoms in total. The molecule has 0 amide bonds. The quantitative estimate of drug-likeness (QED) is 0.654. The Morgan fingerprint density at radius 3 is 2.38 bits per heavy atom. The van der Waals surface area contributed by atoms with E-state index in [9.17, 15) is 18.0 Å². The van der Waals surface area contributed by atoms with Crippen LogP contribution >= 0.6 is 11.8 Å². The summed E-state index contributed by atoms with van der Waals surface area (Å²) < 4.78 is 39.5. The highest BCUT2D eigenvalue weighted by Gasteiger charge is 2.34. The lowest BCUT2D eigenvalue weighted by Gasteiger charge is -2.17. The fraction of sp³-hybridized carbons (Fsp3) is 0.176. The molecule has 0 bridgehead atoms. The molecule has 0 spiro atoms. The average molecular weight is 350 g/mol. The number of hydrogen-bond donors (Lipinski definition) is 1. The Morgan fingerprint density at radius 1 is 1.25 bits per heavy atom. The van der Waals surface area contributed by atoms with Crippen molar-refractivity contribution in [1.82, 2.24) is 0 Å². The van der Waals surface area contributed by atoms with Crippen LogP contribution in [0, 0.1) is 11.3 Å². The Labute approximate surface area is 141 Å². The van der Waals surface area contributed by atoms with Crippen LogP contribution in [0.5, 0.6) is 0 Å². The van der Waals surface area contributed by atoms with Crippen LogP contribution in [-0.2, 0) is 6.18 Å². The molecule has 0 saturated heterocycles. The number of thioether (sulfide) groups is 1. The van der Waals surface area contributed by atoms with Crippen molar-refractivity contribution in [1.29, 1.82) is 5.26 Å². The molecule has 1 unspecified atom stereocenters. The van der Waals surface area contributed by atoms with E-state index < -0.39 is 22.8 Å². The van der Waals surface area contributed by atoms with Crippen molar-refractivity contribution in [2.45, 2.75) is 11.4 Å². The van der Waals surface area contributed by atoms with Crippen LogP contribution < -0.4 is 5.73 Å². The smallest absolute Gasteiger partial charge is 0.398 e. The number of anilines is 1. The van der Waals surface area contributed by atoms with Gasteiger partial charge >= 0.3 is 6.18 Å². The van der Waals surface area contributed by atoms with Crippen LogP contribution in [0.2, 0.25) is 0 Å². The zero-order valence-corrected chi connectivity index (χ0v) is 13.4.